The molecule has 0 radical (unpaired) electrons. The van der Waals surface area contributed by atoms with Crippen LogP contribution in [0.2, 0.25) is 5.28 Å². The van der Waals surface area contributed by atoms with Gasteiger partial charge in [-0.05, 0) is 42.1 Å². The van der Waals surface area contributed by atoms with Gasteiger partial charge in [0, 0.05) is 5.39 Å². The van der Waals surface area contributed by atoms with Crippen molar-refractivity contribution in [2.24, 2.45) is 5.92 Å². The highest BCUT2D eigenvalue weighted by molar-refractivity contribution is 6.28. The summed E-state index contributed by atoms with van der Waals surface area (Å²) < 4.78 is 38.2. The highest BCUT2D eigenvalue weighted by Gasteiger charge is 2.30. The van der Waals surface area contributed by atoms with Crippen LogP contribution in [0.3, 0.4) is 0 Å². The summed E-state index contributed by atoms with van der Waals surface area (Å²) in [5, 5.41) is 0.468. The minimum absolute atomic E-state index is 0.0582. The fraction of sp³-hybridized carbons (Fsp3) is 0.385. The zero-order valence-electron chi connectivity index (χ0n) is 10.4. The Bertz CT molecular complexity index is 609. The van der Waals surface area contributed by atoms with Gasteiger partial charge in [0.15, 0.2) is 0 Å². The third-order valence-corrected chi connectivity index (χ3v) is 2.85. The van der Waals surface area contributed by atoms with Gasteiger partial charge < -0.3 is 0 Å². The van der Waals surface area contributed by atoms with Gasteiger partial charge in [-0.15, -0.1) is 0 Å². The van der Waals surface area contributed by atoms with Gasteiger partial charge in [-0.1, -0.05) is 13.8 Å². The molecule has 0 saturated carbocycles. The van der Waals surface area contributed by atoms with Crippen LogP contribution in [0.25, 0.3) is 10.9 Å². The first kappa shape index (κ1) is 14.1. The number of fused-ring (bicyclic) bond motifs is 1. The number of benzene rings is 1. The Balaban J connectivity index is 2.65. The maximum Gasteiger partial charge on any atom is 0.416 e. The van der Waals surface area contributed by atoms with Crippen LogP contribution in [0.5, 0.6) is 0 Å². The standard InChI is InChI=1S/C13H12ClF3N2/c1-7(2)5-11-9-6-8(13(15,16)17)3-4-10(9)18-12(14)19-11/h3-4,6-7H,5H2,1-2H3. The van der Waals surface area contributed by atoms with Gasteiger partial charge in [0.2, 0.25) is 5.28 Å². The van der Waals surface area contributed by atoms with E-state index < -0.39 is 11.7 Å². The van der Waals surface area contributed by atoms with Crippen molar-refractivity contribution in [2.75, 3.05) is 0 Å². The van der Waals surface area contributed by atoms with Crippen molar-refractivity contribution in [3.63, 3.8) is 0 Å². The molecule has 0 atom stereocenters. The van der Waals surface area contributed by atoms with Gasteiger partial charge in [-0.25, -0.2) is 9.97 Å². The van der Waals surface area contributed by atoms with E-state index >= 15 is 0 Å². The molecule has 0 spiro atoms. The fourth-order valence-electron chi connectivity index (χ4n) is 1.88. The summed E-state index contributed by atoms with van der Waals surface area (Å²) in [4.78, 5) is 8.01. The first-order chi connectivity index (χ1) is 8.77. The first-order valence-corrected chi connectivity index (χ1v) is 6.18. The molecule has 0 amide bonds. The molecule has 1 aromatic carbocycles. The zero-order valence-corrected chi connectivity index (χ0v) is 11.2. The van der Waals surface area contributed by atoms with Crippen LogP contribution in [0.15, 0.2) is 18.2 Å². The van der Waals surface area contributed by atoms with Gasteiger partial charge in [-0.2, -0.15) is 13.2 Å². The third kappa shape index (κ3) is 3.15. The van der Waals surface area contributed by atoms with E-state index in [4.69, 9.17) is 11.6 Å². The monoisotopic (exact) mass is 288 g/mol. The summed E-state index contributed by atoms with van der Waals surface area (Å²) in [6.07, 6.45) is -3.82. The Morgan fingerprint density at radius 2 is 1.89 bits per heavy atom. The molecule has 2 aromatic rings. The van der Waals surface area contributed by atoms with Crippen LogP contribution in [-0.4, -0.2) is 9.97 Å². The van der Waals surface area contributed by atoms with Crippen molar-refractivity contribution in [3.8, 4) is 0 Å². The molecule has 6 heteroatoms. The molecule has 1 heterocycles. The average Bonchev–Trinajstić information content (AvgIpc) is 2.26. The second-order valence-electron chi connectivity index (χ2n) is 4.77. The van der Waals surface area contributed by atoms with Crippen LogP contribution < -0.4 is 0 Å². The van der Waals surface area contributed by atoms with Crippen molar-refractivity contribution in [3.05, 3.63) is 34.7 Å². The van der Waals surface area contributed by atoms with Gasteiger partial charge in [0.05, 0.1) is 16.8 Å². The number of rotatable bonds is 2. The maximum atomic E-state index is 12.7. The van der Waals surface area contributed by atoms with Crippen LogP contribution in [0.4, 0.5) is 13.2 Å². The molecule has 2 nitrogen and oxygen atoms in total. The van der Waals surface area contributed by atoms with E-state index in [1.54, 1.807) is 0 Å². The van der Waals surface area contributed by atoms with E-state index in [0.29, 0.717) is 23.0 Å². The third-order valence-electron chi connectivity index (χ3n) is 2.68. The summed E-state index contributed by atoms with van der Waals surface area (Å²) >= 11 is 5.79. The van der Waals surface area contributed by atoms with Crippen molar-refractivity contribution in [2.45, 2.75) is 26.4 Å². The Morgan fingerprint density at radius 3 is 2.47 bits per heavy atom. The van der Waals surface area contributed by atoms with Gasteiger partial charge >= 0.3 is 6.18 Å². The zero-order chi connectivity index (χ0) is 14.2. The van der Waals surface area contributed by atoms with Crippen molar-refractivity contribution < 1.29 is 13.2 Å². The second-order valence-corrected chi connectivity index (χ2v) is 5.11. The number of aromatic nitrogens is 2. The second kappa shape index (κ2) is 4.96. The van der Waals surface area contributed by atoms with Crippen molar-refractivity contribution >= 4 is 22.5 Å². The molecule has 102 valence electrons. The molecule has 19 heavy (non-hydrogen) atoms. The van der Waals surface area contributed by atoms with Gasteiger partial charge in [0.25, 0.3) is 0 Å². The smallest absolute Gasteiger partial charge is 0.222 e. The van der Waals surface area contributed by atoms with E-state index in [0.717, 1.165) is 12.1 Å². The summed E-state index contributed by atoms with van der Waals surface area (Å²) in [6, 6.07) is 3.42. The maximum absolute atomic E-state index is 12.7. The SMILES string of the molecule is CC(C)Cc1nc(Cl)nc2ccc(C(F)(F)F)cc12. The molecule has 0 aliphatic heterocycles. The van der Waals surface area contributed by atoms with Crippen LogP contribution in [0, 0.1) is 5.92 Å². The lowest BCUT2D eigenvalue weighted by Gasteiger charge is -2.11. The molecule has 0 bridgehead atoms. The van der Waals surface area contributed by atoms with E-state index in [-0.39, 0.29) is 11.2 Å². The lowest BCUT2D eigenvalue weighted by Crippen LogP contribution is -2.06. The molecular formula is C13H12ClF3N2. The Labute approximate surface area is 113 Å². The minimum Gasteiger partial charge on any atom is -0.222 e. The lowest BCUT2D eigenvalue weighted by atomic mass is 10.0. The largest absolute Gasteiger partial charge is 0.416 e. The normalized spacial score (nSPS) is 12.4. The molecule has 0 fully saturated rings. The quantitative estimate of drug-likeness (QED) is 0.760. The molecule has 0 aliphatic rings. The molecule has 0 unspecified atom stereocenters. The Hall–Kier alpha value is -1.36. The van der Waals surface area contributed by atoms with Gasteiger partial charge in [-0.3, -0.25) is 0 Å². The molecule has 2 rings (SSSR count). The van der Waals surface area contributed by atoms with E-state index in [1.165, 1.54) is 6.07 Å². The van der Waals surface area contributed by atoms with Crippen LogP contribution in [-0.2, 0) is 12.6 Å². The molecule has 1 aromatic heterocycles. The lowest BCUT2D eigenvalue weighted by molar-refractivity contribution is -0.137. The number of hydrogen-bond donors (Lipinski definition) is 0. The fourth-order valence-corrected chi connectivity index (χ4v) is 2.07. The molecule has 0 N–H and O–H groups in total. The van der Waals surface area contributed by atoms with E-state index in [2.05, 4.69) is 9.97 Å². The highest BCUT2D eigenvalue weighted by Crippen LogP contribution is 2.32. The number of halogens is 4. The summed E-state index contributed by atoms with van der Waals surface area (Å²) in [7, 11) is 0. The number of alkyl halides is 3. The predicted octanol–water partition coefficient (Wildman–Crippen LogP) is 4.50. The first-order valence-electron chi connectivity index (χ1n) is 5.80. The Kier molecular flexibility index (Phi) is 3.67. The highest BCUT2D eigenvalue weighted by atomic mass is 35.5. The number of hydrogen-bond acceptors (Lipinski definition) is 2. The summed E-state index contributed by atoms with van der Waals surface area (Å²) in [6.45, 7) is 3.94. The topological polar surface area (TPSA) is 25.8 Å². The summed E-state index contributed by atoms with van der Waals surface area (Å²) in [5.74, 6) is 0.267. The van der Waals surface area contributed by atoms with E-state index in [9.17, 15) is 13.2 Å². The Morgan fingerprint density at radius 1 is 1.21 bits per heavy atom. The van der Waals surface area contributed by atoms with Crippen LogP contribution >= 0.6 is 11.6 Å². The van der Waals surface area contributed by atoms with Crippen LogP contribution in [0.1, 0.15) is 25.1 Å². The molecular weight excluding hydrogens is 277 g/mol. The summed E-state index contributed by atoms with van der Waals surface area (Å²) in [5.41, 5.74) is 0.288. The molecule has 0 saturated heterocycles. The minimum atomic E-state index is -4.37. The van der Waals surface area contributed by atoms with Crippen molar-refractivity contribution in [1.82, 2.24) is 9.97 Å². The van der Waals surface area contributed by atoms with Gasteiger partial charge in [0.1, 0.15) is 0 Å². The predicted molar refractivity (Wildman–Crippen MR) is 68.1 cm³/mol. The molecule has 0 aliphatic carbocycles. The average molecular weight is 289 g/mol. The van der Waals surface area contributed by atoms with E-state index in [1.807, 2.05) is 13.8 Å². The number of nitrogens with zero attached hydrogens (tertiary/aromatic N) is 2. The van der Waals surface area contributed by atoms with Crippen molar-refractivity contribution in [1.29, 1.82) is 0 Å².